The Morgan fingerprint density at radius 3 is 1.44 bits per heavy atom. The van der Waals surface area contributed by atoms with Crippen molar-refractivity contribution in [2.24, 2.45) is 0 Å². The molecular weight excluding hydrogens is 204 g/mol. The van der Waals surface area contributed by atoms with Gasteiger partial charge in [-0.05, 0) is 12.1 Å². The number of hydrogen-bond acceptors (Lipinski definition) is 4. The molecule has 0 aromatic heterocycles. The lowest BCUT2D eigenvalue weighted by atomic mass is 10.0. The number of anilines is 2. The molecule has 0 bridgehead atoms. The van der Waals surface area contributed by atoms with E-state index in [9.17, 15) is 10.2 Å². The second-order valence-corrected chi connectivity index (χ2v) is 3.49. The molecule has 2 rings (SSSR count). The van der Waals surface area contributed by atoms with Crippen LogP contribution in [0.5, 0.6) is 11.5 Å². The van der Waals surface area contributed by atoms with Crippen molar-refractivity contribution in [3.8, 4) is 22.6 Å². The maximum absolute atomic E-state index is 9.79. The highest BCUT2D eigenvalue weighted by atomic mass is 16.3. The first-order valence-electron chi connectivity index (χ1n) is 4.76. The van der Waals surface area contributed by atoms with Crippen molar-refractivity contribution in [3.05, 3.63) is 36.4 Å². The van der Waals surface area contributed by atoms with Gasteiger partial charge in [0.15, 0.2) is 0 Å². The molecule has 0 spiro atoms. The molecule has 16 heavy (non-hydrogen) atoms. The van der Waals surface area contributed by atoms with Gasteiger partial charge in [0.05, 0.1) is 11.4 Å². The van der Waals surface area contributed by atoms with Gasteiger partial charge in [0.25, 0.3) is 0 Å². The standard InChI is InChI=1S/C12H12N2O2/c13-9-5-1-3-7(11(9)15)8-4-2-6-10(14)12(8)16/h1-6,15-16H,13-14H2. The normalized spacial score (nSPS) is 10.2. The predicted octanol–water partition coefficient (Wildman–Crippen LogP) is 1.93. The van der Waals surface area contributed by atoms with Crippen LogP contribution in [0.15, 0.2) is 36.4 Å². The van der Waals surface area contributed by atoms with Crippen molar-refractivity contribution in [1.82, 2.24) is 0 Å². The van der Waals surface area contributed by atoms with Crippen LogP contribution in [0.4, 0.5) is 11.4 Å². The van der Waals surface area contributed by atoms with Gasteiger partial charge in [-0.3, -0.25) is 0 Å². The molecule has 2 aromatic rings. The largest absolute Gasteiger partial charge is 0.505 e. The molecule has 0 heterocycles. The summed E-state index contributed by atoms with van der Waals surface area (Å²) in [4.78, 5) is 0. The van der Waals surface area contributed by atoms with Gasteiger partial charge in [-0.2, -0.15) is 0 Å². The van der Waals surface area contributed by atoms with Gasteiger partial charge in [-0.25, -0.2) is 0 Å². The van der Waals surface area contributed by atoms with E-state index in [-0.39, 0.29) is 22.9 Å². The van der Waals surface area contributed by atoms with Crippen LogP contribution >= 0.6 is 0 Å². The quantitative estimate of drug-likeness (QED) is 0.433. The molecule has 0 aliphatic rings. The number of benzene rings is 2. The van der Waals surface area contributed by atoms with E-state index < -0.39 is 0 Å². The van der Waals surface area contributed by atoms with E-state index in [1.807, 2.05) is 0 Å². The van der Waals surface area contributed by atoms with E-state index in [0.29, 0.717) is 11.1 Å². The molecule has 2 aromatic carbocycles. The van der Waals surface area contributed by atoms with Crippen molar-refractivity contribution < 1.29 is 10.2 Å². The van der Waals surface area contributed by atoms with E-state index >= 15 is 0 Å². The lowest BCUT2D eigenvalue weighted by Crippen LogP contribution is -1.90. The predicted molar refractivity (Wildman–Crippen MR) is 64.0 cm³/mol. The molecule has 4 nitrogen and oxygen atoms in total. The SMILES string of the molecule is Nc1cccc(-c2cccc(N)c2O)c1O. The van der Waals surface area contributed by atoms with E-state index in [4.69, 9.17) is 11.5 Å². The molecule has 0 saturated heterocycles. The summed E-state index contributed by atoms with van der Waals surface area (Å²) in [5.41, 5.74) is 12.6. The molecule has 0 fully saturated rings. The highest BCUT2D eigenvalue weighted by Gasteiger charge is 2.12. The molecule has 0 unspecified atom stereocenters. The average Bonchev–Trinajstić information content (AvgIpc) is 2.27. The summed E-state index contributed by atoms with van der Waals surface area (Å²) in [7, 11) is 0. The third kappa shape index (κ3) is 1.50. The number of nitrogens with two attached hydrogens (primary N) is 2. The fourth-order valence-corrected chi connectivity index (χ4v) is 1.56. The molecular formula is C12H12N2O2. The highest BCUT2D eigenvalue weighted by molar-refractivity contribution is 5.83. The molecule has 82 valence electrons. The zero-order chi connectivity index (χ0) is 11.7. The summed E-state index contributed by atoms with van der Waals surface area (Å²) in [5, 5.41) is 19.6. The van der Waals surface area contributed by atoms with Gasteiger partial charge in [0, 0.05) is 11.1 Å². The third-order valence-corrected chi connectivity index (χ3v) is 2.42. The molecule has 0 aliphatic carbocycles. The smallest absolute Gasteiger partial charge is 0.146 e. The Kier molecular flexibility index (Phi) is 2.32. The molecule has 0 aliphatic heterocycles. The number of aromatic hydroxyl groups is 2. The maximum atomic E-state index is 9.79. The minimum Gasteiger partial charge on any atom is -0.505 e. The molecule has 0 radical (unpaired) electrons. The minimum atomic E-state index is -0.0524. The lowest BCUT2D eigenvalue weighted by molar-refractivity contribution is 0.472. The van der Waals surface area contributed by atoms with Gasteiger partial charge in [-0.1, -0.05) is 24.3 Å². The van der Waals surface area contributed by atoms with Crippen LogP contribution in [0.25, 0.3) is 11.1 Å². The van der Waals surface area contributed by atoms with E-state index in [0.717, 1.165) is 0 Å². The van der Waals surface area contributed by atoms with Crippen LogP contribution in [0.2, 0.25) is 0 Å². The Hall–Kier alpha value is -2.36. The van der Waals surface area contributed by atoms with Crippen LogP contribution < -0.4 is 11.5 Å². The topological polar surface area (TPSA) is 92.5 Å². The summed E-state index contributed by atoms with van der Waals surface area (Å²) < 4.78 is 0. The molecule has 0 saturated carbocycles. The Bertz CT molecular complexity index is 489. The summed E-state index contributed by atoms with van der Waals surface area (Å²) >= 11 is 0. The molecule has 6 N–H and O–H groups in total. The van der Waals surface area contributed by atoms with E-state index in [1.165, 1.54) is 0 Å². The van der Waals surface area contributed by atoms with Crippen molar-refractivity contribution in [1.29, 1.82) is 0 Å². The summed E-state index contributed by atoms with van der Waals surface area (Å²) in [6.07, 6.45) is 0. The Morgan fingerprint density at radius 2 is 1.06 bits per heavy atom. The van der Waals surface area contributed by atoms with Crippen LogP contribution in [0, 0.1) is 0 Å². The number of nitrogen functional groups attached to an aromatic ring is 2. The Labute approximate surface area is 92.8 Å². The summed E-state index contributed by atoms with van der Waals surface area (Å²) in [5.74, 6) is -0.105. The number of phenols is 2. The Morgan fingerprint density at radius 1 is 0.688 bits per heavy atom. The molecule has 0 amide bonds. The first-order valence-corrected chi connectivity index (χ1v) is 4.76. The van der Waals surface area contributed by atoms with Crippen LogP contribution in [0.1, 0.15) is 0 Å². The van der Waals surface area contributed by atoms with E-state index in [2.05, 4.69) is 0 Å². The van der Waals surface area contributed by atoms with Crippen molar-refractivity contribution >= 4 is 11.4 Å². The summed E-state index contributed by atoms with van der Waals surface area (Å²) in [6.45, 7) is 0. The maximum Gasteiger partial charge on any atom is 0.146 e. The Balaban J connectivity index is 2.68. The first-order chi connectivity index (χ1) is 7.61. The van der Waals surface area contributed by atoms with Crippen LogP contribution in [-0.2, 0) is 0 Å². The van der Waals surface area contributed by atoms with Gasteiger partial charge < -0.3 is 21.7 Å². The molecule has 4 heteroatoms. The van der Waals surface area contributed by atoms with Crippen molar-refractivity contribution in [2.45, 2.75) is 0 Å². The number of para-hydroxylation sites is 2. The highest BCUT2D eigenvalue weighted by Crippen LogP contribution is 2.40. The second kappa shape index (κ2) is 3.66. The van der Waals surface area contributed by atoms with Gasteiger partial charge >= 0.3 is 0 Å². The average molecular weight is 216 g/mol. The van der Waals surface area contributed by atoms with Crippen molar-refractivity contribution in [2.75, 3.05) is 11.5 Å². The zero-order valence-corrected chi connectivity index (χ0v) is 8.51. The number of hydrogen-bond donors (Lipinski definition) is 4. The third-order valence-electron chi connectivity index (χ3n) is 2.42. The zero-order valence-electron chi connectivity index (χ0n) is 8.51. The van der Waals surface area contributed by atoms with Gasteiger partial charge in [-0.15, -0.1) is 0 Å². The first kappa shape index (κ1) is 10.2. The number of phenolic OH excluding ortho intramolecular Hbond substituents is 2. The summed E-state index contributed by atoms with van der Waals surface area (Å²) in [6, 6.07) is 9.91. The van der Waals surface area contributed by atoms with Crippen LogP contribution in [0.3, 0.4) is 0 Å². The fraction of sp³-hybridized carbons (Fsp3) is 0. The van der Waals surface area contributed by atoms with Crippen LogP contribution in [-0.4, -0.2) is 10.2 Å². The fourth-order valence-electron chi connectivity index (χ4n) is 1.56. The molecule has 0 atom stereocenters. The lowest BCUT2D eigenvalue weighted by Gasteiger charge is -2.09. The van der Waals surface area contributed by atoms with Crippen molar-refractivity contribution in [3.63, 3.8) is 0 Å². The second-order valence-electron chi connectivity index (χ2n) is 3.49. The monoisotopic (exact) mass is 216 g/mol. The number of rotatable bonds is 1. The van der Waals surface area contributed by atoms with Gasteiger partial charge in [0.1, 0.15) is 11.5 Å². The van der Waals surface area contributed by atoms with E-state index in [1.54, 1.807) is 36.4 Å². The minimum absolute atomic E-state index is 0.0524. The van der Waals surface area contributed by atoms with Gasteiger partial charge in [0.2, 0.25) is 0 Å².